The van der Waals surface area contributed by atoms with E-state index in [1.54, 1.807) is 34.8 Å². The molecular weight excluding hydrogens is 701 g/mol. The number of thiophene rings is 2. The highest BCUT2D eigenvalue weighted by Gasteiger charge is 2.36. The number of hydrogen-bond donors (Lipinski definition) is 2. The van der Waals surface area contributed by atoms with Crippen molar-refractivity contribution in [3.63, 3.8) is 0 Å². The van der Waals surface area contributed by atoms with Gasteiger partial charge in [0.15, 0.2) is 34.5 Å². The first-order valence-electron chi connectivity index (χ1n) is 16.9. The van der Waals surface area contributed by atoms with Gasteiger partial charge >= 0.3 is 11.9 Å². The summed E-state index contributed by atoms with van der Waals surface area (Å²) in [4.78, 5) is 30.4. The zero-order chi connectivity index (χ0) is 36.1. The van der Waals surface area contributed by atoms with E-state index in [0.717, 1.165) is 30.6 Å². The van der Waals surface area contributed by atoms with Gasteiger partial charge in [-0.05, 0) is 62.1 Å². The molecular formula is C40H34N2O8S2. The van der Waals surface area contributed by atoms with E-state index in [1.165, 1.54) is 0 Å². The molecule has 0 atom stereocenters. The van der Waals surface area contributed by atoms with Crippen molar-refractivity contribution in [3.8, 4) is 55.4 Å². The van der Waals surface area contributed by atoms with Crippen molar-refractivity contribution in [2.45, 2.75) is 38.8 Å². The minimum absolute atomic E-state index is 0.230. The molecule has 12 heteroatoms. The van der Waals surface area contributed by atoms with Crippen molar-refractivity contribution >= 4 is 45.8 Å². The van der Waals surface area contributed by atoms with Crippen LogP contribution >= 0.6 is 22.7 Å². The first-order valence-corrected chi connectivity index (χ1v) is 18.5. The van der Waals surface area contributed by atoms with E-state index in [-0.39, 0.29) is 11.5 Å². The summed E-state index contributed by atoms with van der Waals surface area (Å²) in [7, 11) is 0. The van der Waals surface area contributed by atoms with Crippen molar-refractivity contribution in [3.05, 3.63) is 92.0 Å². The van der Waals surface area contributed by atoms with Gasteiger partial charge < -0.3 is 39.9 Å². The molecule has 0 saturated carbocycles. The van der Waals surface area contributed by atoms with Crippen molar-refractivity contribution in [2.24, 2.45) is 11.5 Å². The molecule has 52 heavy (non-hydrogen) atoms. The second-order valence-electron chi connectivity index (χ2n) is 14.2. The van der Waals surface area contributed by atoms with Gasteiger partial charge in [-0.3, -0.25) is 0 Å². The van der Waals surface area contributed by atoms with Gasteiger partial charge in [-0.25, -0.2) is 9.59 Å². The summed E-state index contributed by atoms with van der Waals surface area (Å²) >= 11 is 3.08. The molecule has 0 unspecified atom stereocenters. The fraction of sp³-hybridized carbons (Fsp3) is 0.250. The summed E-state index contributed by atoms with van der Waals surface area (Å²) in [6.45, 7) is 9.60. The largest absolute Gasteiger partial charge is 0.485 e. The van der Waals surface area contributed by atoms with Crippen molar-refractivity contribution in [2.75, 3.05) is 26.4 Å². The van der Waals surface area contributed by atoms with Crippen LogP contribution < -0.4 is 50.3 Å². The van der Waals surface area contributed by atoms with Crippen molar-refractivity contribution < 1.29 is 38.0 Å². The molecule has 0 fully saturated rings. The summed E-state index contributed by atoms with van der Waals surface area (Å²) in [6.07, 6.45) is 0. The average Bonchev–Trinajstić information content (AvgIpc) is 3.88. The van der Waals surface area contributed by atoms with E-state index in [9.17, 15) is 9.59 Å². The minimum Gasteiger partial charge on any atom is -0.485 e. The highest BCUT2D eigenvalue weighted by atomic mass is 32.1. The van der Waals surface area contributed by atoms with Crippen LogP contribution in [-0.2, 0) is 20.7 Å². The van der Waals surface area contributed by atoms with Gasteiger partial charge in [0.1, 0.15) is 26.4 Å². The number of rotatable bonds is 6. The molecule has 2 aromatic heterocycles. The third-order valence-corrected chi connectivity index (χ3v) is 12.4. The Hall–Kier alpha value is -5.14. The lowest BCUT2D eigenvalue weighted by Crippen LogP contribution is -2.29. The summed E-state index contributed by atoms with van der Waals surface area (Å²) in [5.74, 6) is 2.18. The van der Waals surface area contributed by atoms with E-state index < -0.39 is 23.0 Å². The standard InChI is InChI=1S/C40H34N2O8S2/c1-39(2,41)35-31-29(45-15-17-47-31)33(51-35)21-9-5-19(6-10-21)25-23-13-14-24-26(38(44)50-28(24)27(23)49-37(25)43)20-7-11-22(12-8-20)34-30-32(48-18-16-46-30)36(52-34)40(3,4)42/h5-14H,15-18,41-42H2,1-4H3. The minimum atomic E-state index is -0.604. The van der Waals surface area contributed by atoms with Gasteiger partial charge in [0.25, 0.3) is 0 Å². The maximum atomic E-state index is 13.4. The second kappa shape index (κ2) is 11.7. The molecule has 4 N–H and O–H groups in total. The molecule has 264 valence electrons. The van der Waals surface area contributed by atoms with Gasteiger partial charge in [-0.1, -0.05) is 48.5 Å². The van der Waals surface area contributed by atoms with E-state index in [4.69, 9.17) is 39.9 Å². The second-order valence-corrected chi connectivity index (χ2v) is 16.2. The monoisotopic (exact) mass is 734 g/mol. The lowest BCUT2D eigenvalue weighted by Gasteiger charge is -2.22. The van der Waals surface area contributed by atoms with Crippen LogP contribution in [0.3, 0.4) is 0 Å². The molecule has 0 bridgehead atoms. The number of benzene rings is 3. The molecule has 9 rings (SSSR count). The number of nitrogens with two attached hydrogens (primary N) is 2. The molecule has 0 aliphatic carbocycles. The van der Waals surface area contributed by atoms with E-state index in [1.807, 2.05) is 76.2 Å². The van der Waals surface area contributed by atoms with Gasteiger partial charge in [-0.15, -0.1) is 22.7 Å². The van der Waals surface area contributed by atoms with Gasteiger partial charge in [0, 0.05) is 21.5 Å². The third-order valence-electron chi connectivity index (χ3n) is 9.29. The smallest absolute Gasteiger partial charge is 0.345 e. The fourth-order valence-electron chi connectivity index (χ4n) is 6.92. The summed E-state index contributed by atoms with van der Waals surface area (Å²) in [6, 6.07) is 18.9. The molecule has 3 aromatic carbocycles. The Morgan fingerprint density at radius 1 is 0.481 bits per heavy atom. The lowest BCUT2D eigenvalue weighted by molar-refractivity contribution is -0.129. The fourth-order valence-corrected chi connectivity index (χ4v) is 9.34. The molecule has 4 aliphatic rings. The lowest BCUT2D eigenvalue weighted by atomic mass is 9.99. The Bertz CT molecular complexity index is 2290. The molecule has 0 radical (unpaired) electrons. The Morgan fingerprint density at radius 2 is 0.808 bits per heavy atom. The molecule has 0 spiro atoms. The van der Waals surface area contributed by atoms with Crippen LogP contribution in [-0.4, -0.2) is 38.4 Å². The van der Waals surface area contributed by atoms with E-state index in [2.05, 4.69) is 0 Å². The van der Waals surface area contributed by atoms with E-state index in [0.29, 0.717) is 82.1 Å². The SMILES string of the molecule is CC(C)(N)c1sc(-c2ccc(C3=c4ccc5c(c4OC3=O)OC(=O)C=5c3ccc(-c4sc(C(C)(C)N)c5c4OCCO5)cc3)cc2)c2c1OCCO2. The Labute approximate surface area is 306 Å². The quantitative estimate of drug-likeness (QED) is 0.174. The zero-order valence-corrected chi connectivity index (χ0v) is 30.5. The van der Waals surface area contributed by atoms with E-state index >= 15 is 0 Å². The average molecular weight is 735 g/mol. The van der Waals surface area contributed by atoms with Gasteiger partial charge in [0.2, 0.25) is 0 Å². The van der Waals surface area contributed by atoms with Crippen LogP contribution in [0.15, 0.2) is 60.7 Å². The van der Waals surface area contributed by atoms with Crippen LogP contribution in [0.1, 0.15) is 48.6 Å². The number of ether oxygens (including phenoxy) is 6. The predicted octanol–water partition coefficient (Wildman–Crippen LogP) is 5.31. The highest BCUT2D eigenvalue weighted by Crippen LogP contribution is 2.53. The van der Waals surface area contributed by atoms with Crippen LogP contribution in [0, 0.1) is 0 Å². The zero-order valence-electron chi connectivity index (χ0n) is 28.8. The van der Waals surface area contributed by atoms with Crippen LogP contribution in [0.25, 0.3) is 32.0 Å². The number of carbonyl (C=O) groups is 2. The maximum absolute atomic E-state index is 13.4. The van der Waals surface area contributed by atoms with Crippen molar-refractivity contribution in [1.82, 2.24) is 0 Å². The van der Waals surface area contributed by atoms with Gasteiger partial charge in [-0.2, -0.15) is 0 Å². The van der Waals surface area contributed by atoms with Crippen LogP contribution in [0.5, 0.6) is 34.5 Å². The Morgan fingerprint density at radius 3 is 1.15 bits per heavy atom. The molecule has 5 aromatic rings. The highest BCUT2D eigenvalue weighted by molar-refractivity contribution is 7.16. The molecule has 0 saturated heterocycles. The predicted molar refractivity (Wildman–Crippen MR) is 198 cm³/mol. The Balaban J connectivity index is 1.07. The molecule has 4 aliphatic heterocycles. The molecule has 10 nitrogen and oxygen atoms in total. The number of carbonyl (C=O) groups excluding carboxylic acids is 2. The van der Waals surface area contributed by atoms with Crippen LogP contribution in [0.4, 0.5) is 0 Å². The normalized spacial score (nSPS) is 16.1. The maximum Gasteiger partial charge on any atom is 0.345 e. The number of esters is 2. The molecule has 6 heterocycles. The van der Waals surface area contributed by atoms with Crippen LogP contribution in [0.2, 0.25) is 0 Å². The molecule has 0 amide bonds. The topological polar surface area (TPSA) is 142 Å². The summed E-state index contributed by atoms with van der Waals surface area (Å²) in [5.41, 5.74) is 15.7. The third kappa shape index (κ3) is 5.12. The first kappa shape index (κ1) is 32.7. The summed E-state index contributed by atoms with van der Waals surface area (Å²) in [5, 5.41) is 1.11. The van der Waals surface area contributed by atoms with Gasteiger partial charge in [0.05, 0.1) is 30.7 Å². The number of hydrogen-bond acceptors (Lipinski definition) is 12. The first-order chi connectivity index (χ1) is 24.9. The Kier molecular flexibility index (Phi) is 7.36. The van der Waals surface area contributed by atoms with Crippen molar-refractivity contribution in [1.29, 1.82) is 0 Å². The summed E-state index contributed by atoms with van der Waals surface area (Å²) < 4.78 is 35.6. The number of fused-ring (bicyclic) bond motifs is 5.